The van der Waals surface area contributed by atoms with Crippen LogP contribution < -0.4 is 19.2 Å². The molecule has 2 aromatic rings. The van der Waals surface area contributed by atoms with Gasteiger partial charge in [-0.1, -0.05) is 38.8 Å². The van der Waals surface area contributed by atoms with Gasteiger partial charge in [-0.25, -0.2) is 9.13 Å². The van der Waals surface area contributed by atoms with Crippen LogP contribution in [0.15, 0.2) is 61.2 Å². The first-order chi connectivity index (χ1) is 11.6. The van der Waals surface area contributed by atoms with Crippen molar-refractivity contribution in [1.82, 2.24) is 0 Å². The summed E-state index contributed by atoms with van der Waals surface area (Å²) in [5.41, 5.74) is 0. The molecular weight excluding hydrogens is 306 g/mol. The highest BCUT2D eigenvalue weighted by molar-refractivity contribution is 6.27. The third-order valence-electron chi connectivity index (χ3n) is 3.09. The highest BCUT2D eigenvalue weighted by atomic mass is 19.1. The van der Waals surface area contributed by atoms with Crippen LogP contribution in [0, 0.1) is 0 Å². The van der Waals surface area contributed by atoms with Crippen molar-refractivity contribution >= 4 is 7.40 Å². The minimum Gasteiger partial charge on any atom is -0.867 e. The van der Waals surface area contributed by atoms with Crippen molar-refractivity contribution in [3.8, 4) is 0 Å². The van der Waals surface area contributed by atoms with E-state index in [1.54, 1.807) is 0 Å². The summed E-state index contributed by atoms with van der Waals surface area (Å²) in [6.07, 6.45) is 13.5. The molecule has 0 unspecified atom stereocenters. The SMILES string of the molecule is CCCC[n+]1ccccc1.CCCC[n+]1ccccc1.[O-]B([O-])F. The smallest absolute Gasteiger partial charge is 0.168 e. The number of halogens is 1. The summed E-state index contributed by atoms with van der Waals surface area (Å²) in [7, 11) is -3.17. The van der Waals surface area contributed by atoms with Crippen molar-refractivity contribution in [3.63, 3.8) is 0 Å². The first kappa shape index (κ1) is 22.2. The van der Waals surface area contributed by atoms with E-state index in [0.29, 0.717) is 0 Å². The summed E-state index contributed by atoms with van der Waals surface area (Å²) in [5, 5.41) is 16.6. The van der Waals surface area contributed by atoms with Gasteiger partial charge >= 0.3 is 0 Å². The average molecular weight is 334 g/mol. The van der Waals surface area contributed by atoms with E-state index >= 15 is 0 Å². The molecule has 0 N–H and O–H groups in total. The Morgan fingerprint density at radius 2 is 1.00 bits per heavy atom. The van der Waals surface area contributed by atoms with Gasteiger partial charge in [0.2, 0.25) is 0 Å². The van der Waals surface area contributed by atoms with Gasteiger partial charge in [0.1, 0.15) is 20.5 Å². The van der Waals surface area contributed by atoms with Crippen molar-refractivity contribution in [1.29, 1.82) is 0 Å². The molecule has 2 aromatic heterocycles. The molecule has 0 amide bonds. The second-order valence-corrected chi connectivity index (χ2v) is 5.21. The van der Waals surface area contributed by atoms with Gasteiger partial charge in [0.15, 0.2) is 24.8 Å². The molecule has 0 spiro atoms. The maximum atomic E-state index is 9.89. The molecule has 6 heteroatoms. The highest BCUT2D eigenvalue weighted by Crippen LogP contribution is 1.86. The van der Waals surface area contributed by atoms with Gasteiger partial charge in [-0.05, 0) is 0 Å². The zero-order valence-corrected chi connectivity index (χ0v) is 14.7. The molecule has 0 aromatic carbocycles. The van der Waals surface area contributed by atoms with Gasteiger partial charge in [0, 0.05) is 37.1 Å². The van der Waals surface area contributed by atoms with E-state index in [0.717, 1.165) is 13.1 Å². The fourth-order valence-electron chi connectivity index (χ4n) is 1.85. The zero-order valence-electron chi connectivity index (χ0n) is 14.7. The quantitative estimate of drug-likeness (QED) is 0.589. The summed E-state index contributed by atoms with van der Waals surface area (Å²) in [5.74, 6) is 0. The fraction of sp³-hybridized carbons (Fsp3) is 0.444. The van der Waals surface area contributed by atoms with E-state index in [1.807, 2.05) is 12.1 Å². The second kappa shape index (κ2) is 16.1. The van der Waals surface area contributed by atoms with Gasteiger partial charge in [0.05, 0.1) is 0 Å². The predicted octanol–water partition coefficient (Wildman–Crippen LogP) is 1.21. The lowest BCUT2D eigenvalue weighted by atomic mass is 10.3. The Labute approximate surface area is 145 Å². The first-order valence-corrected chi connectivity index (χ1v) is 8.44. The van der Waals surface area contributed by atoms with Gasteiger partial charge in [-0.2, -0.15) is 0 Å². The normalized spacial score (nSPS) is 9.21. The molecule has 0 bridgehead atoms. The summed E-state index contributed by atoms with van der Waals surface area (Å²) >= 11 is 0. The molecule has 132 valence electrons. The number of hydrogen-bond acceptors (Lipinski definition) is 2. The molecule has 2 heterocycles. The number of aryl methyl sites for hydroxylation is 2. The fourth-order valence-corrected chi connectivity index (χ4v) is 1.85. The summed E-state index contributed by atoms with van der Waals surface area (Å²) in [6, 6.07) is 12.3. The minimum atomic E-state index is -3.17. The molecule has 4 nitrogen and oxygen atoms in total. The van der Waals surface area contributed by atoms with Crippen LogP contribution in [0.4, 0.5) is 4.32 Å². The highest BCUT2D eigenvalue weighted by Gasteiger charge is 1.94. The van der Waals surface area contributed by atoms with Crippen LogP contribution in [0.25, 0.3) is 0 Å². The molecule has 2 rings (SSSR count). The molecule has 0 aliphatic heterocycles. The van der Waals surface area contributed by atoms with Gasteiger partial charge in [-0.15, -0.1) is 0 Å². The van der Waals surface area contributed by atoms with Crippen molar-refractivity contribution in [2.24, 2.45) is 0 Å². The molecule has 0 atom stereocenters. The first-order valence-electron chi connectivity index (χ1n) is 8.44. The lowest BCUT2D eigenvalue weighted by Gasteiger charge is -2.09. The molecule has 0 saturated carbocycles. The van der Waals surface area contributed by atoms with E-state index in [1.165, 1.54) is 25.7 Å². The maximum Gasteiger partial charge on any atom is 0.168 e. The topological polar surface area (TPSA) is 53.9 Å². The van der Waals surface area contributed by atoms with Crippen LogP contribution >= 0.6 is 0 Å². The standard InChI is InChI=1S/2C9H14N.BFO2/c2*1-2-3-7-10-8-5-4-6-9-10;2-1(3)4/h2*4-6,8-9H,2-3,7H2,1H3;/q2*+1;-2. The minimum absolute atomic E-state index is 1.15. The van der Waals surface area contributed by atoms with Crippen molar-refractivity contribution in [2.75, 3.05) is 0 Å². The van der Waals surface area contributed by atoms with Gasteiger partial charge in [-0.3, -0.25) is 0 Å². The van der Waals surface area contributed by atoms with E-state index in [2.05, 4.69) is 72.0 Å². The average Bonchev–Trinajstić information content (AvgIpc) is 2.60. The number of hydrogen-bond donors (Lipinski definition) is 0. The Bertz CT molecular complexity index is 441. The molecule has 0 aliphatic carbocycles. The third-order valence-corrected chi connectivity index (χ3v) is 3.09. The van der Waals surface area contributed by atoms with Crippen LogP contribution in [-0.4, -0.2) is 7.40 Å². The lowest BCUT2D eigenvalue weighted by molar-refractivity contribution is -0.697. The number of unbranched alkanes of at least 4 members (excludes halogenated alkanes) is 2. The molecule has 0 saturated heterocycles. The molecule has 0 radical (unpaired) electrons. The number of pyridine rings is 2. The Kier molecular flexibility index (Phi) is 14.9. The van der Waals surface area contributed by atoms with E-state index in [4.69, 9.17) is 10.0 Å². The van der Waals surface area contributed by atoms with Crippen molar-refractivity contribution < 1.29 is 23.5 Å². The Hall–Kier alpha value is -1.79. The lowest BCUT2D eigenvalue weighted by Crippen LogP contribution is -2.39. The van der Waals surface area contributed by atoms with Crippen LogP contribution in [0.3, 0.4) is 0 Å². The number of nitrogens with zero attached hydrogens (tertiary/aromatic N) is 2. The number of rotatable bonds is 6. The van der Waals surface area contributed by atoms with E-state index < -0.39 is 7.40 Å². The van der Waals surface area contributed by atoms with E-state index in [-0.39, 0.29) is 0 Å². The number of aromatic nitrogens is 2. The largest absolute Gasteiger partial charge is 0.867 e. The Morgan fingerprint density at radius 1 is 0.708 bits per heavy atom. The monoisotopic (exact) mass is 334 g/mol. The summed E-state index contributed by atoms with van der Waals surface area (Å²) in [4.78, 5) is 0. The van der Waals surface area contributed by atoms with Gasteiger partial charge < -0.3 is 14.4 Å². The zero-order chi connectivity index (χ0) is 18.0. The van der Waals surface area contributed by atoms with Crippen LogP contribution in [0.2, 0.25) is 0 Å². The van der Waals surface area contributed by atoms with Crippen LogP contribution in [-0.2, 0) is 13.1 Å². The van der Waals surface area contributed by atoms with Crippen LogP contribution in [0.1, 0.15) is 39.5 Å². The predicted molar refractivity (Wildman–Crippen MR) is 90.0 cm³/mol. The van der Waals surface area contributed by atoms with Gasteiger partial charge in [0.25, 0.3) is 0 Å². The van der Waals surface area contributed by atoms with E-state index in [9.17, 15) is 4.32 Å². The maximum absolute atomic E-state index is 9.89. The van der Waals surface area contributed by atoms with Crippen LogP contribution in [0.5, 0.6) is 0 Å². The summed E-state index contributed by atoms with van der Waals surface area (Å²) in [6.45, 7) is 6.72. The van der Waals surface area contributed by atoms with Crippen molar-refractivity contribution in [2.45, 2.75) is 52.6 Å². The Morgan fingerprint density at radius 3 is 1.25 bits per heavy atom. The third kappa shape index (κ3) is 15.1. The van der Waals surface area contributed by atoms with Crippen molar-refractivity contribution in [3.05, 3.63) is 61.2 Å². The molecule has 24 heavy (non-hydrogen) atoms. The molecule has 0 aliphatic rings. The molecular formula is C18H28BFN2O2. The Balaban J connectivity index is 0.000000363. The molecule has 0 fully saturated rings. The second-order valence-electron chi connectivity index (χ2n) is 5.21. The summed E-state index contributed by atoms with van der Waals surface area (Å²) < 4.78 is 14.3.